The Kier molecular flexibility index (Phi) is 3.24. The van der Waals surface area contributed by atoms with Crippen LogP contribution in [0.5, 0.6) is 0 Å². The topological polar surface area (TPSA) is 44.9 Å². The number of aromatic nitrogens is 1. The average molecular weight is 264 g/mol. The molecule has 2 N–H and O–H groups in total. The number of aryl methyl sites for hydroxylation is 1. The highest BCUT2D eigenvalue weighted by Gasteiger charge is 2.42. The fourth-order valence-electron chi connectivity index (χ4n) is 2.81. The van der Waals surface area contributed by atoms with Crippen LogP contribution in [0.1, 0.15) is 43.0 Å². The first-order valence-corrected chi connectivity index (χ1v) is 7.96. The van der Waals surface area contributed by atoms with Crippen LogP contribution in [0.2, 0.25) is 0 Å². The largest absolute Gasteiger partial charge is 0.326 e. The fraction of sp³-hybridized carbons (Fsp3) is 0.643. The molecule has 3 rings (SSSR count). The van der Waals surface area contributed by atoms with E-state index in [4.69, 9.17) is 0 Å². The quantitative estimate of drug-likeness (QED) is 0.876. The second-order valence-corrected chi connectivity index (χ2v) is 6.74. The zero-order valence-corrected chi connectivity index (χ0v) is 11.6. The zero-order chi connectivity index (χ0) is 12.6. The summed E-state index contributed by atoms with van der Waals surface area (Å²) in [5, 5.41) is 3.71. The number of H-pyrrole nitrogens is 1. The van der Waals surface area contributed by atoms with E-state index < -0.39 is 0 Å². The minimum absolute atomic E-state index is 0.0252. The molecular formula is C14H20N2OS. The molecule has 1 atom stereocenters. The van der Waals surface area contributed by atoms with Gasteiger partial charge >= 0.3 is 0 Å². The first-order valence-electron chi connectivity index (χ1n) is 6.73. The van der Waals surface area contributed by atoms with Gasteiger partial charge in [0.2, 0.25) is 5.56 Å². The Morgan fingerprint density at radius 2 is 2.33 bits per heavy atom. The molecule has 0 radical (unpaired) electrons. The predicted octanol–water partition coefficient (Wildman–Crippen LogP) is 2.24. The van der Waals surface area contributed by atoms with Crippen molar-refractivity contribution in [1.29, 1.82) is 0 Å². The van der Waals surface area contributed by atoms with E-state index in [0.717, 1.165) is 25.1 Å². The van der Waals surface area contributed by atoms with Gasteiger partial charge in [-0.05, 0) is 43.9 Å². The van der Waals surface area contributed by atoms with Crippen LogP contribution in [0.15, 0.2) is 16.9 Å². The van der Waals surface area contributed by atoms with E-state index in [1.807, 2.05) is 17.8 Å². The molecule has 18 heavy (non-hydrogen) atoms. The van der Waals surface area contributed by atoms with E-state index in [1.54, 1.807) is 6.07 Å². The van der Waals surface area contributed by atoms with Gasteiger partial charge < -0.3 is 10.3 Å². The maximum absolute atomic E-state index is 11.3. The lowest BCUT2D eigenvalue weighted by Crippen LogP contribution is -2.32. The number of nitrogens with one attached hydrogen (secondary N) is 2. The van der Waals surface area contributed by atoms with Crippen LogP contribution in [0.4, 0.5) is 0 Å². The summed E-state index contributed by atoms with van der Waals surface area (Å²) in [6.45, 7) is 1.09. The standard InChI is InChI=1S/C14H20N2OS/c1-18-14(7-8-14)9-15-11-3-2-4-12-10(11)5-6-13(17)16-12/h5-6,11,15H,2-4,7-9H2,1H3,(H,16,17). The molecule has 0 aliphatic heterocycles. The van der Waals surface area contributed by atoms with E-state index in [2.05, 4.69) is 16.6 Å². The summed E-state index contributed by atoms with van der Waals surface area (Å²) in [5.41, 5.74) is 2.47. The molecule has 0 aromatic carbocycles. The summed E-state index contributed by atoms with van der Waals surface area (Å²) >= 11 is 1.99. The minimum atomic E-state index is 0.0252. The van der Waals surface area contributed by atoms with E-state index >= 15 is 0 Å². The number of hydrogen-bond donors (Lipinski definition) is 2. The van der Waals surface area contributed by atoms with Crippen LogP contribution in [-0.2, 0) is 6.42 Å². The van der Waals surface area contributed by atoms with Crippen molar-refractivity contribution in [3.05, 3.63) is 33.7 Å². The highest BCUT2D eigenvalue weighted by Crippen LogP contribution is 2.47. The van der Waals surface area contributed by atoms with E-state index in [-0.39, 0.29) is 5.56 Å². The second kappa shape index (κ2) is 4.74. The average Bonchev–Trinajstić information content (AvgIpc) is 3.16. The van der Waals surface area contributed by atoms with Crippen molar-refractivity contribution in [3.63, 3.8) is 0 Å². The van der Waals surface area contributed by atoms with Gasteiger partial charge in [0.15, 0.2) is 0 Å². The SMILES string of the molecule is CSC1(CNC2CCCc3[nH]c(=O)ccc32)CC1. The number of aromatic amines is 1. The van der Waals surface area contributed by atoms with Crippen molar-refractivity contribution in [1.82, 2.24) is 10.3 Å². The van der Waals surface area contributed by atoms with Gasteiger partial charge in [0.1, 0.15) is 0 Å². The van der Waals surface area contributed by atoms with Gasteiger partial charge in [0.25, 0.3) is 0 Å². The van der Waals surface area contributed by atoms with E-state index in [9.17, 15) is 4.79 Å². The van der Waals surface area contributed by atoms with Crippen molar-refractivity contribution in [2.24, 2.45) is 0 Å². The molecule has 0 amide bonds. The molecule has 1 heterocycles. The van der Waals surface area contributed by atoms with Crippen LogP contribution >= 0.6 is 11.8 Å². The fourth-order valence-corrected chi connectivity index (χ4v) is 3.55. The van der Waals surface area contributed by atoms with Gasteiger partial charge in [-0.2, -0.15) is 11.8 Å². The van der Waals surface area contributed by atoms with Crippen molar-refractivity contribution < 1.29 is 0 Å². The molecule has 3 nitrogen and oxygen atoms in total. The van der Waals surface area contributed by atoms with Gasteiger partial charge in [-0.1, -0.05) is 6.07 Å². The number of hydrogen-bond acceptors (Lipinski definition) is 3. The Bertz CT molecular complexity index is 493. The summed E-state index contributed by atoms with van der Waals surface area (Å²) in [6, 6.07) is 4.08. The molecule has 1 aromatic rings. The van der Waals surface area contributed by atoms with Gasteiger partial charge in [0, 0.05) is 29.1 Å². The maximum atomic E-state index is 11.3. The molecule has 1 aromatic heterocycles. The van der Waals surface area contributed by atoms with E-state index in [1.165, 1.54) is 24.8 Å². The molecule has 0 saturated heterocycles. The van der Waals surface area contributed by atoms with Gasteiger partial charge in [0.05, 0.1) is 0 Å². The summed E-state index contributed by atoms with van der Waals surface area (Å²) < 4.78 is 0.500. The normalized spacial score (nSPS) is 24.6. The van der Waals surface area contributed by atoms with Crippen LogP contribution in [0.25, 0.3) is 0 Å². The lowest BCUT2D eigenvalue weighted by Gasteiger charge is -2.27. The number of thioether (sulfide) groups is 1. The lowest BCUT2D eigenvalue weighted by molar-refractivity contribution is 0.452. The molecule has 2 aliphatic carbocycles. The third-order valence-electron chi connectivity index (χ3n) is 4.24. The molecule has 1 fully saturated rings. The highest BCUT2D eigenvalue weighted by atomic mass is 32.2. The first-order chi connectivity index (χ1) is 8.72. The molecular weight excluding hydrogens is 244 g/mol. The van der Waals surface area contributed by atoms with Crippen molar-refractivity contribution >= 4 is 11.8 Å². The summed E-state index contributed by atoms with van der Waals surface area (Å²) in [7, 11) is 0. The van der Waals surface area contributed by atoms with Gasteiger partial charge in [-0.25, -0.2) is 0 Å². The Labute approximate surface area is 112 Å². The van der Waals surface area contributed by atoms with Gasteiger partial charge in [-0.15, -0.1) is 0 Å². The molecule has 1 saturated carbocycles. The molecule has 98 valence electrons. The monoisotopic (exact) mass is 264 g/mol. The van der Waals surface area contributed by atoms with Crippen molar-refractivity contribution in [2.45, 2.75) is 42.9 Å². The maximum Gasteiger partial charge on any atom is 0.248 e. The zero-order valence-electron chi connectivity index (χ0n) is 10.8. The highest BCUT2D eigenvalue weighted by molar-refractivity contribution is 8.00. The number of fused-ring (bicyclic) bond motifs is 1. The molecule has 0 bridgehead atoms. The molecule has 4 heteroatoms. The Morgan fingerprint density at radius 3 is 3.06 bits per heavy atom. The third kappa shape index (κ3) is 2.36. The van der Waals surface area contributed by atoms with Gasteiger partial charge in [-0.3, -0.25) is 4.79 Å². The summed E-state index contributed by atoms with van der Waals surface area (Å²) in [4.78, 5) is 14.3. The van der Waals surface area contributed by atoms with Crippen molar-refractivity contribution in [3.8, 4) is 0 Å². The van der Waals surface area contributed by atoms with Crippen LogP contribution in [-0.4, -0.2) is 22.5 Å². The summed E-state index contributed by atoms with van der Waals surface area (Å²) in [5.74, 6) is 0. The van der Waals surface area contributed by atoms with Crippen LogP contribution in [0.3, 0.4) is 0 Å². The predicted molar refractivity (Wildman–Crippen MR) is 76.2 cm³/mol. The minimum Gasteiger partial charge on any atom is -0.326 e. The second-order valence-electron chi connectivity index (χ2n) is 5.47. The lowest BCUT2D eigenvalue weighted by atomic mass is 9.91. The molecule has 0 spiro atoms. The Morgan fingerprint density at radius 1 is 1.50 bits per heavy atom. The third-order valence-corrected chi connectivity index (χ3v) is 5.66. The molecule has 1 unspecified atom stereocenters. The Balaban J connectivity index is 1.73. The number of rotatable bonds is 4. The first kappa shape index (κ1) is 12.3. The van der Waals surface area contributed by atoms with Crippen LogP contribution < -0.4 is 10.9 Å². The summed E-state index contributed by atoms with van der Waals surface area (Å²) in [6.07, 6.45) is 8.25. The Hall–Kier alpha value is -0.740. The molecule has 2 aliphatic rings. The van der Waals surface area contributed by atoms with E-state index in [0.29, 0.717) is 10.8 Å². The van der Waals surface area contributed by atoms with Crippen molar-refractivity contribution in [2.75, 3.05) is 12.8 Å². The van der Waals surface area contributed by atoms with Crippen LogP contribution in [0, 0.1) is 0 Å². The number of pyridine rings is 1. The smallest absolute Gasteiger partial charge is 0.248 e.